The minimum Gasteiger partial charge on any atom is -0.452 e. The molecule has 0 fully saturated rings. The smallest absolute Gasteiger partial charge is 0.341 e. The van der Waals surface area contributed by atoms with Crippen LogP contribution in [0, 0.1) is 10.1 Å². The van der Waals surface area contributed by atoms with Gasteiger partial charge in [-0.3, -0.25) is 14.9 Å². The number of anilines is 1. The third-order valence-corrected chi connectivity index (χ3v) is 3.33. The SMILES string of the molecule is CCCCCNC(=O)COC(=O)c1cc([N+](=O)[O-])ccc1N(C)C. The molecule has 0 saturated heterocycles. The van der Waals surface area contributed by atoms with E-state index in [1.807, 2.05) is 0 Å². The highest BCUT2D eigenvalue weighted by Gasteiger charge is 2.20. The quantitative estimate of drug-likeness (QED) is 0.320. The van der Waals surface area contributed by atoms with Gasteiger partial charge in [-0.1, -0.05) is 19.8 Å². The van der Waals surface area contributed by atoms with E-state index in [-0.39, 0.29) is 11.3 Å². The predicted molar refractivity (Wildman–Crippen MR) is 90.2 cm³/mol. The summed E-state index contributed by atoms with van der Waals surface area (Å²) in [5.41, 5.74) is 0.318. The molecule has 1 aromatic rings. The zero-order chi connectivity index (χ0) is 18.1. The molecule has 1 amide bonds. The van der Waals surface area contributed by atoms with Gasteiger partial charge in [-0.15, -0.1) is 0 Å². The monoisotopic (exact) mass is 337 g/mol. The molecule has 0 aromatic heterocycles. The van der Waals surface area contributed by atoms with Gasteiger partial charge in [-0.25, -0.2) is 4.79 Å². The molecule has 8 nitrogen and oxygen atoms in total. The van der Waals surface area contributed by atoms with Crippen LogP contribution in [0.3, 0.4) is 0 Å². The van der Waals surface area contributed by atoms with Gasteiger partial charge >= 0.3 is 5.97 Å². The summed E-state index contributed by atoms with van der Waals surface area (Å²) < 4.78 is 4.97. The molecular weight excluding hydrogens is 314 g/mol. The first kappa shape index (κ1) is 19.4. The Labute approximate surface area is 140 Å². The second-order valence-electron chi connectivity index (χ2n) is 5.49. The van der Waals surface area contributed by atoms with Crippen LogP contribution in [-0.4, -0.2) is 44.0 Å². The van der Waals surface area contributed by atoms with Crippen LogP contribution in [0.5, 0.6) is 0 Å². The Bertz CT molecular complexity index is 601. The van der Waals surface area contributed by atoms with Crippen molar-refractivity contribution in [2.75, 3.05) is 32.1 Å². The number of hydrogen-bond donors (Lipinski definition) is 1. The van der Waals surface area contributed by atoms with Crippen LogP contribution in [-0.2, 0) is 9.53 Å². The average molecular weight is 337 g/mol. The van der Waals surface area contributed by atoms with Crippen molar-refractivity contribution in [3.8, 4) is 0 Å². The summed E-state index contributed by atoms with van der Waals surface area (Å²) in [5, 5.41) is 13.5. The van der Waals surface area contributed by atoms with E-state index >= 15 is 0 Å². The van der Waals surface area contributed by atoms with Crippen molar-refractivity contribution in [1.29, 1.82) is 0 Å². The lowest BCUT2D eigenvalue weighted by Crippen LogP contribution is -2.29. The normalized spacial score (nSPS) is 10.1. The van der Waals surface area contributed by atoms with E-state index in [1.165, 1.54) is 12.1 Å². The lowest BCUT2D eigenvalue weighted by Gasteiger charge is -2.16. The summed E-state index contributed by atoms with van der Waals surface area (Å²) in [4.78, 5) is 35.7. The number of nitrogens with one attached hydrogen (secondary N) is 1. The van der Waals surface area contributed by atoms with Gasteiger partial charge in [0, 0.05) is 32.8 Å². The van der Waals surface area contributed by atoms with Crippen LogP contribution in [0.1, 0.15) is 36.5 Å². The molecule has 0 heterocycles. The lowest BCUT2D eigenvalue weighted by molar-refractivity contribution is -0.384. The Kier molecular flexibility index (Phi) is 7.67. The summed E-state index contributed by atoms with van der Waals surface area (Å²) in [6.45, 7) is 2.18. The summed E-state index contributed by atoms with van der Waals surface area (Å²) in [6, 6.07) is 3.93. The maximum Gasteiger partial charge on any atom is 0.341 e. The van der Waals surface area contributed by atoms with E-state index in [9.17, 15) is 19.7 Å². The summed E-state index contributed by atoms with van der Waals surface area (Å²) in [5.74, 6) is -1.16. The first-order valence-electron chi connectivity index (χ1n) is 7.76. The van der Waals surface area contributed by atoms with Gasteiger partial charge < -0.3 is 15.0 Å². The molecule has 0 radical (unpaired) electrons. The van der Waals surface area contributed by atoms with Crippen molar-refractivity contribution in [3.63, 3.8) is 0 Å². The fourth-order valence-corrected chi connectivity index (χ4v) is 2.05. The molecule has 0 bridgehead atoms. The number of carbonyl (C=O) groups excluding carboxylic acids is 2. The number of esters is 1. The zero-order valence-electron chi connectivity index (χ0n) is 14.2. The highest BCUT2D eigenvalue weighted by atomic mass is 16.6. The Morgan fingerprint density at radius 3 is 2.58 bits per heavy atom. The second-order valence-corrected chi connectivity index (χ2v) is 5.49. The Morgan fingerprint density at radius 2 is 2.00 bits per heavy atom. The average Bonchev–Trinajstić information content (AvgIpc) is 2.55. The fraction of sp³-hybridized carbons (Fsp3) is 0.500. The Balaban J connectivity index is 2.71. The fourth-order valence-electron chi connectivity index (χ4n) is 2.05. The standard InChI is InChI=1S/C16H23N3O5/c1-4-5-6-9-17-15(20)11-24-16(21)13-10-12(19(22)23)7-8-14(13)18(2)3/h7-8,10H,4-6,9,11H2,1-3H3,(H,17,20). The molecule has 24 heavy (non-hydrogen) atoms. The van der Waals surface area contributed by atoms with Crippen LogP contribution in [0.25, 0.3) is 0 Å². The number of unbranched alkanes of at least 4 members (excludes halogenated alkanes) is 2. The number of carbonyl (C=O) groups is 2. The van der Waals surface area contributed by atoms with Gasteiger partial charge in [0.05, 0.1) is 16.2 Å². The maximum atomic E-state index is 12.2. The summed E-state index contributed by atoms with van der Waals surface area (Å²) in [6.07, 6.45) is 2.93. The number of nitro benzene ring substituents is 1. The van der Waals surface area contributed by atoms with Crippen molar-refractivity contribution in [2.45, 2.75) is 26.2 Å². The van der Waals surface area contributed by atoms with Crippen LogP contribution >= 0.6 is 0 Å². The lowest BCUT2D eigenvalue weighted by atomic mass is 10.1. The van der Waals surface area contributed by atoms with Gasteiger partial charge in [0.2, 0.25) is 0 Å². The molecule has 0 spiro atoms. The van der Waals surface area contributed by atoms with Crippen molar-refractivity contribution in [1.82, 2.24) is 5.32 Å². The second kappa shape index (κ2) is 9.49. The Morgan fingerprint density at radius 1 is 1.29 bits per heavy atom. The zero-order valence-corrected chi connectivity index (χ0v) is 14.2. The molecule has 1 rings (SSSR count). The number of amides is 1. The van der Waals surface area contributed by atoms with E-state index in [0.29, 0.717) is 12.2 Å². The molecular formula is C16H23N3O5. The van der Waals surface area contributed by atoms with E-state index in [2.05, 4.69) is 12.2 Å². The van der Waals surface area contributed by atoms with Crippen LogP contribution in [0.15, 0.2) is 18.2 Å². The summed E-state index contributed by atoms with van der Waals surface area (Å²) >= 11 is 0. The van der Waals surface area contributed by atoms with Crippen molar-refractivity contribution < 1.29 is 19.2 Å². The number of rotatable bonds is 9. The van der Waals surface area contributed by atoms with Gasteiger partial charge in [0.15, 0.2) is 6.61 Å². The van der Waals surface area contributed by atoms with Gasteiger partial charge in [0.25, 0.3) is 11.6 Å². The minimum absolute atomic E-state index is 0.0491. The number of benzene rings is 1. The van der Waals surface area contributed by atoms with E-state index < -0.39 is 23.4 Å². The highest BCUT2D eigenvalue weighted by molar-refractivity contribution is 5.97. The molecule has 132 valence electrons. The first-order valence-corrected chi connectivity index (χ1v) is 7.76. The van der Waals surface area contributed by atoms with Crippen molar-refractivity contribution >= 4 is 23.3 Å². The molecule has 0 aliphatic carbocycles. The highest BCUT2D eigenvalue weighted by Crippen LogP contribution is 2.24. The van der Waals surface area contributed by atoms with Crippen molar-refractivity contribution in [3.05, 3.63) is 33.9 Å². The number of nitro groups is 1. The molecule has 0 unspecified atom stereocenters. The van der Waals surface area contributed by atoms with Gasteiger partial charge in [-0.05, 0) is 12.5 Å². The van der Waals surface area contributed by atoms with Gasteiger partial charge in [-0.2, -0.15) is 0 Å². The van der Waals surface area contributed by atoms with Crippen LogP contribution in [0.4, 0.5) is 11.4 Å². The number of nitrogens with zero attached hydrogens (tertiary/aromatic N) is 2. The van der Waals surface area contributed by atoms with E-state index in [4.69, 9.17) is 4.74 Å². The molecule has 0 aliphatic rings. The molecule has 0 aliphatic heterocycles. The van der Waals surface area contributed by atoms with Gasteiger partial charge in [0.1, 0.15) is 0 Å². The molecule has 8 heteroatoms. The minimum atomic E-state index is -0.772. The van der Waals surface area contributed by atoms with Crippen LogP contribution < -0.4 is 10.2 Å². The predicted octanol–water partition coefficient (Wildman–Crippen LogP) is 2.12. The Hall–Kier alpha value is -2.64. The van der Waals surface area contributed by atoms with Crippen molar-refractivity contribution in [2.24, 2.45) is 0 Å². The number of non-ortho nitro benzene ring substituents is 1. The molecule has 1 N–H and O–H groups in total. The third-order valence-electron chi connectivity index (χ3n) is 3.33. The van der Waals surface area contributed by atoms with E-state index in [0.717, 1.165) is 25.3 Å². The topological polar surface area (TPSA) is 102 Å². The van der Waals surface area contributed by atoms with Crippen LogP contribution in [0.2, 0.25) is 0 Å². The first-order chi connectivity index (χ1) is 11.4. The number of hydrogen-bond acceptors (Lipinski definition) is 6. The number of ether oxygens (including phenoxy) is 1. The largest absolute Gasteiger partial charge is 0.452 e. The summed E-state index contributed by atoms with van der Waals surface area (Å²) in [7, 11) is 3.41. The molecule has 1 aromatic carbocycles. The van der Waals surface area contributed by atoms with E-state index in [1.54, 1.807) is 19.0 Å². The molecule has 0 saturated carbocycles. The third kappa shape index (κ3) is 5.86. The maximum absolute atomic E-state index is 12.2. The molecule has 0 atom stereocenters.